The Bertz CT molecular complexity index is 1140. The molecule has 0 atom stereocenters. The molecule has 2 aromatic heterocycles. The lowest BCUT2D eigenvalue weighted by Crippen LogP contribution is -1.97. The molecule has 0 radical (unpaired) electrons. The smallest absolute Gasteiger partial charge is 0.179 e. The molecule has 0 spiro atoms. The van der Waals surface area contributed by atoms with E-state index >= 15 is 0 Å². The van der Waals surface area contributed by atoms with Gasteiger partial charge in [-0.3, -0.25) is 0 Å². The number of aromatic nitrogens is 3. The number of fused-ring (bicyclic) bond motifs is 2. The lowest BCUT2D eigenvalue weighted by Gasteiger charge is -2.10. The zero-order valence-corrected chi connectivity index (χ0v) is 14.4. The Labute approximate surface area is 151 Å². The van der Waals surface area contributed by atoms with E-state index in [-0.39, 0.29) is 0 Å². The fourth-order valence-electron chi connectivity index (χ4n) is 3.41. The van der Waals surface area contributed by atoms with Crippen molar-refractivity contribution in [3.05, 3.63) is 71.9 Å². The van der Waals surface area contributed by atoms with Crippen LogP contribution in [0.25, 0.3) is 33.7 Å². The summed E-state index contributed by atoms with van der Waals surface area (Å²) in [5, 5.41) is 1.04. The van der Waals surface area contributed by atoms with Gasteiger partial charge in [-0.1, -0.05) is 24.3 Å². The van der Waals surface area contributed by atoms with Gasteiger partial charge >= 0.3 is 0 Å². The van der Waals surface area contributed by atoms with Crippen LogP contribution < -0.4 is 4.74 Å². The number of benzene rings is 2. The third kappa shape index (κ3) is 2.51. The number of aryl methyl sites for hydroxylation is 1. The molecule has 1 aliphatic heterocycles. The van der Waals surface area contributed by atoms with Crippen LogP contribution in [-0.2, 0) is 6.42 Å². The molecule has 3 heterocycles. The van der Waals surface area contributed by atoms with Crippen molar-refractivity contribution in [3.8, 4) is 28.5 Å². The summed E-state index contributed by atoms with van der Waals surface area (Å²) in [7, 11) is 0. The molecule has 2 aromatic carbocycles. The standard InChI is InChI=1S/C22H17N3O/c1-14-5-4-8-19(23-14)22-24-18-7-3-2-6-17(18)21(25-22)16-9-10-20-15(13-16)11-12-26-20/h2-10,13H,11-12H2,1H3. The third-order valence-corrected chi connectivity index (χ3v) is 4.68. The second kappa shape index (κ2) is 5.92. The fourth-order valence-corrected chi connectivity index (χ4v) is 3.41. The molecule has 0 fully saturated rings. The Balaban J connectivity index is 1.76. The van der Waals surface area contributed by atoms with Gasteiger partial charge in [-0.25, -0.2) is 15.0 Å². The minimum Gasteiger partial charge on any atom is -0.493 e. The van der Waals surface area contributed by atoms with E-state index in [0.29, 0.717) is 5.82 Å². The minimum atomic E-state index is 0.652. The minimum absolute atomic E-state index is 0.652. The van der Waals surface area contributed by atoms with Crippen LogP contribution in [0, 0.1) is 6.92 Å². The highest BCUT2D eigenvalue weighted by Gasteiger charge is 2.16. The van der Waals surface area contributed by atoms with Crippen molar-refractivity contribution < 1.29 is 4.74 Å². The molecule has 0 N–H and O–H groups in total. The molecule has 126 valence electrons. The SMILES string of the molecule is Cc1cccc(-c2nc(-c3ccc4c(c3)CCO4)c3ccccc3n2)n1. The number of para-hydroxylation sites is 1. The van der Waals surface area contributed by atoms with Crippen LogP contribution in [0.5, 0.6) is 5.75 Å². The molecule has 0 bridgehead atoms. The van der Waals surface area contributed by atoms with Crippen LogP contribution >= 0.6 is 0 Å². The highest BCUT2D eigenvalue weighted by Crippen LogP contribution is 2.33. The summed E-state index contributed by atoms with van der Waals surface area (Å²) >= 11 is 0. The highest BCUT2D eigenvalue weighted by molar-refractivity contribution is 5.93. The average molecular weight is 339 g/mol. The molecule has 4 aromatic rings. The zero-order valence-electron chi connectivity index (χ0n) is 14.4. The summed E-state index contributed by atoms with van der Waals surface area (Å²) in [6, 6.07) is 20.3. The third-order valence-electron chi connectivity index (χ3n) is 4.68. The van der Waals surface area contributed by atoms with Crippen molar-refractivity contribution in [1.82, 2.24) is 15.0 Å². The van der Waals surface area contributed by atoms with Gasteiger partial charge in [-0.05, 0) is 48.9 Å². The Morgan fingerprint density at radius 2 is 1.81 bits per heavy atom. The largest absolute Gasteiger partial charge is 0.493 e. The monoisotopic (exact) mass is 339 g/mol. The van der Waals surface area contributed by atoms with Crippen LogP contribution in [0.15, 0.2) is 60.7 Å². The lowest BCUT2D eigenvalue weighted by atomic mass is 10.0. The van der Waals surface area contributed by atoms with Crippen molar-refractivity contribution in [1.29, 1.82) is 0 Å². The molecule has 26 heavy (non-hydrogen) atoms. The highest BCUT2D eigenvalue weighted by atomic mass is 16.5. The maximum Gasteiger partial charge on any atom is 0.179 e. The number of ether oxygens (including phenoxy) is 1. The Kier molecular flexibility index (Phi) is 3.42. The summed E-state index contributed by atoms with van der Waals surface area (Å²) in [6.07, 6.45) is 0.943. The van der Waals surface area contributed by atoms with Gasteiger partial charge in [-0.2, -0.15) is 0 Å². The van der Waals surface area contributed by atoms with Gasteiger partial charge in [0.2, 0.25) is 0 Å². The summed E-state index contributed by atoms with van der Waals surface area (Å²) in [5.41, 5.74) is 5.93. The molecule has 1 aliphatic rings. The van der Waals surface area contributed by atoms with E-state index in [2.05, 4.69) is 23.2 Å². The van der Waals surface area contributed by atoms with Crippen LogP contribution in [0.2, 0.25) is 0 Å². The molecule has 0 saturated heterocycles. The molecule has 0 aliphatic carbocycles. The first-order valence-electron chi connectivity index (χ1n) is 8.75. The predicted molar refractivity (Wildman–Crippen MR) is 102 cm³/mol. The lowest BCUT2D eigenvalue weighted by molar-refractivity contribution is 0.357. The number of hydrogen-bond donors (Lipinski definition) is 0. The molecular weight excluding hydrogens is 322 g/mol. The number of rotatable bonds is 2. The fraction of sp³-hybridized carbons (Fsp3) is 0.136. The Morgan fingerprint density at radius 1 is 0.885 bits per heavy atom. The van der Waals surface area contributed by atoms with Crippen LogP contribution in [0.4, 0.5) is 0 Å². The zero-order chi connectivity index (χ0) is 17.5. The van der Waals surface area contributed by atoms with E-state index in [1.807, 2.05) is 49.4 Å². The van der Waals surface area contributed by atoms with Gasteiger partial charge in [0.15, 0.2) is 5.82 Å². The van der Waals surface area contributed by atoms with E-state index in [0.717, 1.165) is 52.3 Å². The van der Waals surface area contributed by atoms with Crippen molar-refractivity contribution >= 4 is 10.9 Å². The quantitative estimate of drug-likeness (QED) is 0.535. The van der Waals surface area contributed by atoms with Crippen molar-refractivity contribution in [2.75, 3.05) is 6.61 Å². The second-order valence-electron chi connectivity index (χ2n) is 6.50. The summed E-state index contributed by atoms with van der Waals surface area (Å²) in [6.45, 7) is 2.73. The van der Waals surface area contributed by atoms with Crippen LogP contribution in [-0.4, -0.2) is 21.6 Å². The van der Waals surface area contributed by atoms with Gasteiger partial charge in [0.25, 0.3) is 0 Å². The van der Waals surface area contributed by atoms with E-state index in [1.54, 1.807) is 0 Å². The van der Waals surface area contributed by atoms with E-state index < -0.39 is 0 Å². The van der Waals surface area contributed by atoms with Crippen molar-refractivity contribution in [3.63, 3.8) is 0 Å². The first kappa shape index (κ1) is 15.0. The average Bonchev–Trinajstić information content (AvgIpc) is 3.15. The van der Waals surface area contributed by atoms with E-state index in [1.165, 1.54) is 5.56 Å². The normalized spacial score (nSPS) is 12.8. The number of hydrogen-bond acceptors (Lipinski definition) is 4. The van der Waals surface area contributed by atoms with Crippen LogP contribution in [0.3, 0.4) is 0 Å². The van der Waals surface area contributed by atoms with Crippen LogP contribution in [0.1, 0.15) is 11.3 Å². The maximum atomic E-state index is 5.64. The first-order chi connectivity index (χ1) is 12.8. The van der Waals surface area contributed by atoms with Gasteiger partial charge < -0.3 is 4.74 Å². The summed E-state index contributed by atoms with van der Waals surface area (Å²) in [5.74, 6) is 1.63. The van der Waals surface area contributed by atoms with Gasteiger partial charge in [0, 0.05) is 23.1 Å². The first-order valence-corrected chi connectivity index (χ1v) is 8.75. The molecule has 0 unspecified atom stereocenters. The van der Waals surface area contributed by atoms with Gasteiger partial charge in [0.1, 0.15) is 11.4 Å². The maximum absolute atomic E-state index is 5.64. The molecule has 0 amide bonds. The predicted octanol–water partition coefficient (Wildman–Crippen LogP) is 4.60. The molecule has 5 rings (SSSR count). The Morgan fingerprint density at radius 3 is 2.73 bits per heavy atom. The van der Waals surface area contributed by atoms with E-state index in [9.17, 15) is 0 Å². The van der Waals surface area contributed by atoms with Gasteiger partial charge in [-0.15, -0.1) is 0 Å². The van der Waals surface area contributed by atoms with Crippen molar-refractivity contribution in [2.45, 2.75) is 13.3 Å². The topological polar surface area (TPSA) is 47.9 Å². The Hall–Kier alpha value is -3.27. The van der Waals surface area contributed by atoms with Crippen molar-refractivity contribution in [2.24, 2.45) is 0 Å². The second-order valence-corrected chi connectivity index (χ2v) is 6.50. The molecule has 0 saturated carbocycles. The number of nitrogens with zero attached hydrogens (tertiary/aromatic N) is 3. The molecule has 4 nitrogen and oxygen atoms in total. The summed E-state index contributed by atoms with van der Waals surface area (Å²) < 4.78 is 5.64. The molecule has 4 heteroatoms. The van der Waals surface area contributed by atoms with Gasteiger partial charge in [0.05, 0.1) is 17.8 Å². The van der Waals surface area contributed by atoms with E-state index in [4.69, 9.17) is 14.7 Å². The number of pyridine rings is 1. The summed E-state index contributed by atoms with van der Waals surface area (Å²) in [4.78, 5) is 14.2. The molecular formula is C22H17N3O.